The van der Waals surface area contributed by atoms with E-state index in [1.165, 1.54) is 0 Å². The Morgan fingerprint density at radius 2 is 2.18 bits per heavy atom. The highest BCUT2D eigenvalue weighted by atomic mass is 35.5. The summed E-state index contributed by atoms with van der Waals surface area (Å²) in [4.78, 5) is 2.13. The van der Waals surface area contributed by atoms with Gasteiger partial charge in [-0.05, 0) is 29.8 Å². The summed E-state index contributed by atoms with van der Waals surface area (Å²) in [7, 11) is 2.02. The Bertz CT molecular complexity index is 482. The average molecular weight is 251 g/mol. The molecule has 0 radical (unpaired) electrons. The zero-order valence-corrected chi connectivity index (χ0v) is 10.4. The fourth-order valence-electron chi connectivity index (χ4n) is 1.83. The molecule has 0 aliphatic carbocycles. The van der Waals surface area contributed by atoms with Gasteiger partial charge in [0.1, 0.15) is 0 Å². The molecule has 3 nitrogen and oxygen atoms in total. The maximum absolute atomic E-state index is 5.95. The first-order valence-corrected chi connectivity index (χ1v) is 5.79. The van der Waals surface area contributed by atoms with Crippen LogP contribution in [0.1, 0.15) is 11.1 Å². The number of furan rings is 1. The van der Waals surface area contributed by atoms with Crippen LogP contribution in [-0.2, 0) is 13.1 Å². The zero-order chi connectivity index (χ0) is 12.3. The molecule has 0 aliphatic rings. The number of nitrogens with two attached hydrogens (primary N) is 1. The van der Waals surface area contributed by atoms with Crippen LogP contribution in [-0.4, -0.2) is 7.05 Å². The lowest BCUT2D eigenvalue weighted by Crippen LogP contribution is -2.18. The van der Waals surface area contributed by atoms with E-state index in [1.807, 2.05) is 31.3 Å². The van der Waals surface area contributed by atoms with Gasteiger partial charge in [0, 0.05) is 36.4 Å². The monoisotopic (exact) mass is 250 g/mol. The summed E-state index contributed by atoms with van der Waals surface area (Å²) >= 11 is 5.95. The molecule has 90 valence electrons. The molecule has 1 heterocycles. The second kappa shape index (κ2) is 5.25. The van der Waals surface area contributed by atoms with Crippen molar-refractivity contribution >= 4 is 17.3 Å². The molecule has 2 rings (SSSR count). The average Bonchev–Trinajstić information content (AvgIpc) is 2.81. The lowest BCUT2D eigenvalue weighted by atomic mass is 10.1. The molecule has 0 bridgehead atoms. The summed E-state index contributed by atoms with van der Waals surface area (Å²) in [5.74, 6) is 0. The third-order valence-corrected chi connectivity index (χ3v) is 2.91. The van der Waals surface area contributed by atoms with E-state index in [0.717, 1.165) is 23.4 Å². The summed E-state index contributed by atoms with van der Waals surface area (Å²) in [5.41, 5.74) is 9.00. The fourth-order valence-corrected chi connectivity index (χ4v) is 2.03. The molecule has 0 aliphatic heterocycles. The Morgan fingerprint density at radius 3 is 2.82 bits per heavy atom. The summed E-state index contributed by atoms with van der Waals surface area (Å²) in [5, 5.41) is 0.714. The molecule has 0 fully saturated rings. The molecular weight excluding hydrogens is 236 g/mol. The number of hydrogen-bond acceptors (Lipinski definition) is 3. The molecule has 0 unspecified atom stereocenters. The molecule has 0 saturated heterocycles. The normalized spacial score (nSPS) is 10.5. The van der Waals surface area contributed by atoms with Gasteiger partial charge < -0.3 is 15.1 Å². The Hall–Kier alpha value is -1.45. The van der Waals surface area contributed by atoms with Crippen molar-refractivity contribution in [3.05, 3.63) is 52.9 Å². The predicted molar refractivity (Wildman–Crippen MR) is 70.2 cm³/mol. The molecule has 0 saturated carbocycles. The van der Waals surface area contributed by atoms with Gasteiger partial charge in [-0.1, -0.05) is 11.6 Å². The van der Waals surface area contributed by atoms with Crippen LogP contribution in [0.15, 0.2) is 41.2 Å². The topological polar surface area (TPSA) is 42.4 Å². The maximum Gasteiger partial charge on any atom is 0.0952 e. The molecule has 17 heavy (non-hydrogen) atoms. The van der Waals surface area contributed by atoms with E-state index in [9.17, 15) is 0 Å². The molecule has 1 aromatic carbocycles. The highest BCUT2D eigenvalue weighted by molar-refractivity contribution is 6.30. The highest BCUT2D eigenvalue weighted by Crippen LogP contribution is 2.24. The van der Waals surface area contributed by atoms with Crippen LogP contribution >= 0.6 is 11.6 Å². The minimum Gasteiger partial charge on any atom is -0.472 e. The van der Waals surface area contributed by atoms with E-state index in [1.54, 1.807) is 12.5 Å². The first-order valence-electron chi connectivity index (χ1n) is 5.41. The first kappa shape index (κ1) is 12.0. The summed E-state index contributed by atoms with van der Waals surface area (Å²) < 4.78 is 5.05. The molecule has 2 aromatic rings. The molecule has 4 heteroatoms. The van der Waals surface area contributed by atoms with Gasteiger partial charge in [-0.3, -0.25) is 0 Å². The Labute approximate surface area is 106 Å². The predicted octanol–water partition coefficient (Wildman–Crippen LogP) is 3.03. The number of rotatable bonds is 4. The minimum atomic E-state index is 0.478. The van der Waals surface area contributed by atoms with Crippen molar-refractivity contribution in [2.75, 3.05) is 11.9 Å². The number of anilines is 1. The zero-order valence-electron chi connectivity index (χ0n) is 9.69. The smallest absolute Gasteiger partial charge is 0.0952 e. The second-order valence-corrected chi connectivity index (χ2v) is 4.40. The Morgan fingerprint density at radius 1 is 1.35 bits per heavy atom. The van der Waals surface area contributed by atoms with E-state index in [2.05, 4.69) is 4.90 Å². The molecule has 0 spiro atoms. The van der Waals surface area contributed by atoms with Crippen molar-refractivity contribution in [1.82, 2.24) is 0 Å². The van der Waals surface area contributed by atoms with Gasteiger partial charge in [-0.2, -0.15) is 0 Å². The van der Waals surface area contributed by atoms with Gasteiger partial charge in [-0.25, -0.2) is 0 Å². The van der Waals surface area contributed by atoms with Gasteiger partial charge in [0.25, 0.3) is 0 Å². The fraction of sp³-hybridized carbons (Fsp3) is 0.231. The van der Waals surface area contributed by atoms with Crippen LogP contribution in [0, 0.1) is 0 Å². The lowest BCUT2D eigenvalue weighted by molar-refractivity contribution is 0.563. The van der Waals surface area contributed by atoms with Crippen molar-refractivity contribution in [2.24, 2.45) is 5.73 Å². The van der Waals surface area contributed by atoms with Crippen LogP contribution < -0.4 is 10.6 Å². The van der Waals surface area contributed by atoms with Crippen LogP contribution in [0.4, 0.5) is 5.69 Å². The van der Waals surface area contributed by atoms with Crippen molar-refractivity contribution in [3.63, 3.8) is 0 Å². The third kappa shape index (κ3) is 2.81. The molecule has 0 atom stereocenters. The number of hydrogen-bond donors (Lipinski definition) is 1. The summed E-state index contributed by atoms with van der Waals surface area (Å²) in [6, 6.07) is 7.73. The van der Waals surface area contributed by atoms with E-state index in [4.69, 9.17) is 21.8 Å². The highest BCUT2D eigenvalue weighted by Gasteiger charge is 2.08. The lowest BCUT2D eigenvalue weighted by Gasteiger charge is -2.21. The van der Waals surface area contributed by atoms with Crippen LogP contribution in [0.2, 0.25) is 5.02 Å². The molecule has 1 aromatic heterocycles. The van der Waals surface area contributed by atoms with Gasteiger partial charge in [0.15, 0.2) is 0 Å². The van der Waals surface area contributed by atoms with Crippen molar-refractivity contribution in [1.29, 1.82) is 0 Å². The van der Waals surface area contributed by atoms with Crippen LogP contribution in [0.5, 0.6) is 0 Å². The van der Waals surface area contributed by atoms with E-state index in [-0.39, 0.29) is 0 Å². The quantitative estimate of drug-likeness (QED) is 0.907. The van der Waals surface area contributed by atoms with E-state index in [0.29, 0.717) is 11.6 Å². The molecule has 2 N–H and O–H groups in total. The van der Waals surface area contributed by atoms with Gasteiger partial charge in [0.2, 0.25) is 0 Å². The summed E-state index contributed by atoms with van der Waals surface area (Å²) in [6.45, 7) is 1.26. The first-order chi connectivity index (χ1) is 8.20. The third-order valence-electron chi connectivity index (χ3n) is 2.67. The largest absolute Gasteiger partial charge is 0.472 e. The number of halogens is 1. The van der Waals surface area contributed by atoms with Gasteiger partial charge in [0.05, 0.1) is 12.5 Å². The second-order valence-electron chi connectivity index (χ2n) is 3.96. The van der Waals surface area contributed by atoms with Crippen molar-refractivity contribution < 1.29 is 4.42 Å². The van der Waals surface area contributed by atoms with Gasteiger partial charge in [-0.15, -0.1) is 0 Å². The number of nitrogens with zero attached hydrogens (tertiary/aromatic N) is 1. The maximum atomic E-state index is 5.95. The minimum absolute atomic E-state index is 0.478. The Kier molecular flexibility index (Phi) is 3.71. The van der Waals surface area contributed by atoms with E-state index < -0.39 is 0 Å². The van der Waals surface area contributed by atoms with Crippen LogP contribution in [0.3, 0.4) is 0 Å². The standard InChI is InChI=1S/C13H15ClN2O/c1-16(8-10-4-5-17-9-10)13-3-2-12(14)6-11(13)7-15/h2-6,9H,7-8,15H2,1H3. The molecule has 0 amide bonds. The van der Waals surface area contributed by atoms with Gasteiger partial charge >= 0.3 is 0 Å². The molecular formula is C13H15ClN2O. The SMILES string of the molecule is CN(Cc1ccoc1)c1ccc(Cl)cc1CN. The number of benzene rings is 1. The van der Waals surface area contributed by atoms with Crippen molar-refractivity contribution in [2.45, 2.75) is 13.1 Å². The van der Waals surface area contributed by atoms with Crippen LogP contribution in [0.25, 0.3) is 0 Å². The Balaban J connectivity index is 2.21. The van der Waals surface area contributed by atoms with E-state index >= 15 is 0 Å². The van der Waals surface area contributed by atoms with Crippen molar-refractivity contribution in [3.8, 4) is 0 Å². The summed E-state index contributed by atoms with van der Waals surface area (Å²) in [6.07, 6.45) is 3.42.